The number of H-pyrrole nitrogens is 1. The van der Waals surface area contributed by atoms with Crippen LogP contribution in [-0.2, 0) is 7.05 Å². The summed E-state index contributed by atoms with van der Waals surface area (Å²) in [7, 11) is 1.67. The lowest BCUT2D eigenvalue weighted by atomic mass is 10.1. The normalized spacial score (nSPS) is 11.0. The molecule has 0 aliphatic heterocycles. The average Bonchev–Trinajstić information content (AvgIpc) is 3.42. The third-order valence-electron chi connectivity index (χ3n) is 5.43. The zero-order valence-electron chi connectivity index (χ0n) is 19.6. The van der Waals surface area contributed by atoms with Gasteiger partial charge in [0, 0.05) is 30.0 Å². The average molecular weight is 486 g/mol. The number of benzene rings is 2. The number of nitrogens with one attached hydrogen (secondary N) is 3. The number of carbonyl (C=O) groups excluding carboxylic acids is 1. The predicted octanol–water partition coefficient (Wildman–Crippen LogP) is 4.48. The van der Waals surface area contributed by atoms with E-state index in [1.54, 1.807) is 38.4 Å². The van der Waals surface area contributed by atoms with Crippen molar-refractivity contribution in [3.05, 3.63) is 95.5 Å². The van der Waals surface area contributed by atoms with E-state index < -0.39 is 11.7 Å². The quantitative estimate of drug-likeness (QED) is 0.326. The third-order valence-corrected chi connectivity index (χ3v) is 5.43. The maximum absolute atomic E-state index is 14.4. The minimum absolute atomic E-state index is 0. The van der Waals surface area contributed by atoms with Gasteiger partial charge in [-0.3, -0.25) is 19.6 Å². The van der Waals surface area contributed by atoms with Gasteiger partial charge in [-0.25, -0.2) is 4.39 Å². The number of aromatic amines is 1. The molecule has 0 saturated heterocycles. The van der Waals surface area contributed by atoms with E-state index in [1.165, 1.54) is 10.7 Å². The minimum Gasteiger partial charge on any atom is -0.412 e. The second-order valence-electron chi connectivity index (χ2n) is 8.03. The number of aromatic nitrogens is 5. The summed E-state index contributed by atoms with van der Waals surface area (Å²) in [5.41, 5.74) is 5.02. The van der Waals surface area contributed by atoms with Gasteiger partial charge in [0.15, 0.2) is 0 Å². The van der Waals surface area contributed by atoms with Gasteiger partial charge >= 0.3 is 0 Å². The van der Waals surface area contributed by atoms with Crippen molar-refractivity contribution in [3.63, 3.8) is 0 Å². The molecule has 0 radical (unpaired) electrons. The molecule has 0 aliphatic rings. The third kappa shape index (κ3) is 5.13. The Labute approximate surface area is 206 Å². The molecule has 182 valence electrons. The van der Waals surface area contributed by atoms with Crippen molar-refractivity contribution < 1.29 is 14.7 Å². The second kappa shape index (κ2) is 10.2. The number of anilines is 3. The summed E-state index contributed by atoms with van der Waals surface area (Å²) in [6.45, 7) is 1.79. The van der Waals surface area contributed by atoms with E-state index in [4.69, 9.17) is 0 Å². The molecular formula is C26H24FN7O2. The molecule has 5 rings (SSSR count). The molecule has 0 bridgehead atoms. The van der Waals surface area contributed by atoms with Gasteiger partial charge < -0.3 is 16.1 Å². The standard InChI is InChI=1S/C26H22FN7O.H2O/c1-16-13-25(34(2)33-16)26(35)30-24-15-19(7-10-21(24)27)29-18-6-9-20-22(31-32-23(20)14-18)11-8-17-5-3-4-12-28-17;/h3-15,29H,1-2H3,(H,30,35)(H,31,32);1H2/b11-8+;. The molecule has 9 nitrogen and oxygen atoms in total. The van der Waals surface area contributed by atoms with Gasteiger partial charge in [0.1, 0.15) is 11.5 Å². The molecule has 2 aromatic carbocycles. The van der Waals surface area contributed by atoms with Gasteiger partial charge in [-0.15, -0.1) is 0 Å². The number of rotatable bonds is 6. The van der Waals surface area contributed by atoms with Crippen molar-refractivity contribution in [1.29, 1.82) is 0 Å². The number of halogens is 1. The van der Waals surface area contributed by atoms with Crippen molar-refractivity contribution in [2.45, 2.75) is 6.92 Å². The van der Waals surface area contributed by atoms with Crippen LogP contribution in [0.25, 0.3) is 23.1 Å². The van der Waals surface area contributed by atoms with Crippen molar-refractivity contribution in [1.82, 2.24) is 25.0 Å². The lowest BCUT2D eigenvalue weighted by molar-refractivity contribution is 0.101. The van der Waals surface area contributed by atoms with Crippen molar-refractivity contribution in [3.8, 4) is 0 Å². The number of hydrogen-bond acceptors (Lipinski definition) is 5. The van der Waals surface area contributed by atoms with Crippen LogP contribution in [0.2, 0.25) is 0 Å². The topological polar surface area (TPSA) is 132 Å². The Bertz CT molecular complexity index is 1560. The van der Waals surface area contributed by atoms with Crippen molar-refractivity contribution in [2.24, 2.45) is 7.05 Å². The van der Waals surface area contributed by atoms with Crippen molar-refractivity contribution >= 4 is 46.0 Å². The number of nitrogens with zero attached hydrogens (tertiary/aromatic N) is 4. The minimum atomic E-state index is -0.531. The summed E-state index contributed by atoms with van der Waals surface area (Å²) in [6, 6.07) is 17.6. The fourth-order valence-electron chi connectivity index (χ4n) is 3.76. The van der Waals surface area contributed by atoms with Gasteiger partial charge in [0.25, 0.3) is 5.91 Å². The fourth-order valence-corrected chi connectivity index (χ4v) is 3.76. The predicted molar refractivity (Wildman–Crippen MR) is 138 cm³/mol. The lowest BCUT2D eigenvalue weighted by Crippen LogP contribution is -2.17. The van der Waals surface area contributed by atoms with Gasteiger partial charge in [0.2, 0.25) is 0 Å². The molecule has 36 heavy (non-hydrogen) atoms. The maximum Gasteiger partial charge on any atom is 0.274 e. The summed E-state index contributed by atoms with van der Waals surface area (Å²) in [5.74, 6) is -0.967. The van der Waals surface area contributed by atoms with Gasteiger partial charge in [-0.2, -0.15) is 10.2 Å². The highest BCUT2D eigenvalue weighted by molar-refractivity contribution is 6.03. The maximum atomic E-state index is 14.4. The Balaban J connectivity index is 0.00000304. The highest BCUT2D eigenvalue weighted by Gasteiger charge is 2.15. The van der Waals surface area contributed by atoms with Gasteiger partial charge in [-0.05, 0) is 73.7 Å². The molecule has 0 atom stereocenters. The molecule has 10 heteroatoms. The van der Waals surface area contributed by atoms with E-state index in [9.17, 15) is 9.18 Å². The summed E-state index contributed by atoms with van der Waals surface area (Å²) in [4.78, 5) is 16.9. The zero-order chi connectivity index (χ0) is 24.4. The Morgan fingerprint density at radius 1 is 1.06 bits per heavy atom. The number of amides is 1. The van der Waals surface area contributed by atoms with Crippen LogP contribution in [0.3, 0.4) is 0 Å². The summed E-state index contributed by atoms with van der Waals surface area (Å²) in [5, 5.41) is 18.4. The summed E-state index contributed by atoms with van der Waals surface area (Å²) < 4.78 is 15.9. The van der Waals surface area contributed by atoms with Crippen molar-refractivity contribution in [2.75, 3.05) is 10.6 Å². The summed E-state index contributed by atoms with van der Waals surface area (Å²) >= 11 is 0. The highest BCUT2D eigenvalue weighted by atomic mass is 19.1. The van der Waals surface area contributed by atoms with E-state index in [0.717, 1.165) is 28.0 Å². The summed E-state index contributed by atoms with van der Waals surface area (Å²) in [6.07, 6.45) is 5.56. The molecule has 5 N–H and O–H groups in total. The Hall–Kier alpha value is -4.83. The number of fused-ring (bicyclic) bond motifs is 1. The van der Waals surface area contributed by atoms with E-state index in [0.29, 0.717) is 17.1 Å². The second-order valence-corrected chi connectivity index (χ2v) is 8.03. The highest BCUT2D eigenvalue weighted by Crippen LogP contribution is 2.27. The molecule has 0 saturated carbocycles. The largest absolute Gasteiger partial charge is 0.412 e. The van der Waals surface area contributed by atoms with Crippen LogP contribution in [0.1, 0.15) is 27.6 Å². The van der Waals surface area contributed by atoms with Crippen LogP contribution in [0.5, 0.6) is 0 Å². The van der Waals surface area contributed by atoms with Crippen LogP contribution in [0.4, 0.5) is 21.5 Å². The van der Waals surface area contributed by atoms with E-state index in [2.05, 4.69) is 30.9 Å². The smallest absolute Gasteiger partial charge is 0.274 e. The molecule has 0 spiro atoms. The van der Waals surface area contributed by atoms with Gasteiger partial charge in [0.05, 0.1) is 28.3 Å². The molecule has 3 heterocycles. The zero-order valence-corrected chi connectivity index (χ0v) is 19.6. The van der Waals surface area contributed by atoms with E-state index in [1.807, 2.05) is 48.6 Å². The van der Waals surface area contributed by atoms with Crippen LogP contribution >= 0.6 is 0 Å². The van der Waals surface area contributed by atoms with E-state index >= 15 is 0 Å². The first kappa shape index (κ1) is 24.3. The molecule has 0 unspecified atom stereocenters. The van der Waals surface area contributed by atoms with Crippen LogP contribution < -0.4 is 10.6 Å². The number of pyridine rings is 1. The molecule has 5 aromatic rings. The molecular weight excluding hydrogens is 461 g/mol. The lowest BCUT2D eigenvalue weighted by Gasteiger charge is -2.11. The Morgan fingerprint density at radius 2 is 1.86 bits per heavy atom. The monoisotopic (exact) mass is 485 g/mol. The SMILES string of the molecule is Cc1cc(C(=O)Nc2cc(Nc3ccc4c(/C=C/c5ccccn5)n[nH]c4c3)ccc2F)n(C)n1.O. The van der Waals surface area contributed by atoms with Crippen LogP contribution in [-0.4, -0.2) is 36.3 Å². The number of hydrogen-bond donors (Lipinski definition) is 3. The van der Waals surface area contributed by atoms with Gasteiger partial charge in [-0.1, -0.05) is 6.07 Å². The molecule has 0 aliphatic carbocycles. The van der Waals surface area contributed by atoms with Crippen LogP contribution in [0, 0.1) is 12.7 Å². The first-order valence-corrected chi connectivity index (χ1v) is 10.9. The van der Waals surface area contributed by atoms with Crippen LogP contribution in [0.15, 0.2) is 66.9 Å². The fraction of sp³-hybridized carbons (Fsp3) is 0.0769. The number of aryl methyl sites for hydroxylation is 2. The Morgan fingerprint density at radius 3 is 2.61 bits per heavy atom. The first-order valence-electron chi connectivity index (χ1n) is 10.9. The molecule has 0 fully saturated rings. The number of carbonyl (C=O) groups is 1. The Kier molecular flexibility index (Phi) is 6.88. The molecule has 1 amide bonds. The molecule has 3 aromatic heterocycles. The van der Waals surface area contributed by atoms with E-state index in [-0.39, 0.29) is 11.2 Å². The first-order chi connectivity index (χ1) is 17.0.